The summed E-state index contributed by atoms with van der Waals surface area (Å²) in [6.45, 7) is 5.53. The summed E-state index contributed by atoms with van der Waals surface area (Å²) in [7, 11) is -3.41. The van der Waals surface area contributed by atoms with E-state index in [1.807, 2.05) is 0 Å². The number of aromatic amines is 1. The summed E-state index contributed by atoms with van der Waals surface area (Å²) in [5, 5.41) is 6.23. The molecule has 0 spiro atoms. The van der Waals surface area contributed by atoms with Gasteiger partial charge in [-0.15, -0.1) is 6.58 Å². The number of aryl methyl sites for hydroxylation is 1. The van der Waals surface area contributed by atoms with Gasteiger partial charge in [0.15, 0.2) is 0 Å². The number of H-pyrrole nitrogens is 1. The van der Waals surface area contributed by atoms with Gasteiger partial charge in [-0.2, -0.15) is 5.10 Å². The van der Waals surface area contributed by atoms with Crippen molar-refractivity contribution in [3.05, 3.63) is 24.5 Å². The van der Waals surface area contributed by atoms with E-state index in [0.717, 1.165) is 0 Å². The van der Waals surface area contributed by atoms with Crippen molar-refractivity contribution in [2.45, 2.75) is 18.2 Å². The largest absolute Gasteiger partial charge is 0.281 e. The van der Waals surface area contributed by atoms with Crippen LogP contribution in [-0.2, 0) is 10.0 Å². The van der Waals surface area contributed by atoms with Crippen molar-refractivity contribution in [3.8, 4) is 0 Å². The first kappa shape index (κ1) is 10.9. The van der Waals surface area contributed by atoms with E-state index in [1.54, 1.807) is 13.0 Å². The number of aromatic nitrogens is 2. The lowest BCUT2D eigenvalue weighted by molar-refractivity contribution is 0.581. The second-order valence-corrected chi connectivity index (χ2v) is 4.57. The van der Waals surface area contributed by atoms with Gasteiger partial charge in [-0.25, -0.2) is 13.1 Å². The predicted molar refractivity (Wildman–Crippen MR) is 53.3 cm³/mol. The molecule has 0 atom stereocenters. The van der Waals surface area contributed by atoms with Crippen LogP contribution in [0.3, 0.4) is 0 Å². The summed E-state index contributed by atoms with van der Waals surface area (Å²) in [4.78, 5) is 0.196. The zero-order chi connectivity index (χ0) is 10.6. The molecular formula is C8H13N3O2S. The van der Waals surface area contributed by atoms with Crippen molar-refractivity contribution in [1.82, 2.24) is 14.9 Å². The fraction of sp³-hybridized carbons (Fsp3) is 0.375. The van der Waals surface area contributed by atoms with Gasteiger partial charge in [-0.05, 0) is 13.3 Å². The fourth-order valence-corrected chi connectivity index (χ4v) is 2.17. The van der Waals surface area contributed by atoms with Crippen molar-refractivity contribution >= 4 is 10.0 Å². The van der Waals surface area contributed by atoms with E-state index in [4.69, 9.17) is 0 Å². The summed E-state index contributed by atoms with van der Waals surface area (Å²) in [5.41, 5.74) is 0.538. The van der Waals surface area contributed by atoms with E-state index in [-0.39, 0.29) is 4.90 Å². The average Bonchev–Trinajstić information content (AvgIpc) is 2.52. The molecule has 1 heterocycles. The van der Waals surface area contributed by atoms with Crippen LogP contribution in [-0.4, -0.2) is 25.2 Å². The molecule has 5 nitrogen and oxygen atoms in total. The third kappa shape index (κ3) is 2.43. The highest BCUT2D eigenvalue weighted by atomic mass is 32.2. The Bertz CT molecular complexity index is 408. The summed E-state index contributed by atoms with van der Waals surface area (Å²) in [6.07, 6.45) is 3.56. The van der Waals surface area contributed by atoms with Crippen molar-refractivity contribution in [3.63, 3.8) is 0 Å². The standard InChI is InChI=1S/C8H13N3O2S/c1-3-4-5-10-14(12,13)8-6-9-11-7(8)2/h3,6,10H,1,4-5H2,2H3,(H,9,11). The highest BCUT2D eigenvalue weighted by Crippen LogP contribution is 2.10. The molecule has 1 rings (SSSR count). The maximum Gasteiger partial charge on any atom is 0.243 e. The first-order valence-corrected chi connectivity index (χ1v) is 5.67. The third-order valence-electron chi connectivity index (χ3n) is 1.71. The molecule has 1 aromatic rings. The first-order chi connectivity index (χ1) is 6.58. The molecule has 0 saturated carbocycles. The van der Waals surface area contributed by atoms with Gasteiger partial charge in [0.1, 0.15) is 4.90 Å². The monoisotopic (exact) mass is 215 g/mol. The van der Waals surface area contributed by atoms with Gasteiger partial charge in [0.2, 0.25) is 10.0 Å². The van der Waals surface area contributed by atoms with Crippen LogP contribution in [0.5, 0.6) is 0 Å². The molecule has 78 valence electrons. The number of nitrogens with one attached hydrogen (secondary N) is 2. The Morgan fingerprint density at radius 1 is 1.71 bits per heavy atom. The third-order valence-corrected chi connectivity index (χ3v) is 3.29. The highest BCUT2D eigenvalue weighted by molar-refractivity contribution is 7.89. The molecule has 0 aromatic carbocycles. The quantitative estimate of drug-likeness (QED) is 0.557. The van der Waals surface area contributed by atoms with Crippen molar-refractivity contribution < 1.29 is 8.42 Å². The maximum absolute atomic E-state index is 11.6. The number of sulfonamides is 1. The van der Waals surface area contributed by atoms with Crippen LogP contribution in [0.1, 0.15) is 12.1 Å². The van der Waals surface area contributed by atoms with Crippen LogP contribution >= 0.6 is 0 Å². The lowest BCUT2D eigenvalue weighted by Crippen LogP contribution is -2.24. The Morgan fingerprint density at radius 2 is 2.43 bits per heavy atom. The molecule has 14 heavy (non-hydrogen) atoms. The lowest BCUT2D eigenvalue weighted by atomic mass is 10.4. The van der Waals surface area contributed by atoms with Crippen LogP contribution in [0, 0.1) is 6.92 Å². The molecule has 0 radical (unpaired) electrons. The van der Waals surface area contributed by atoms with Crippen LogP contribution in [0.25, 0.3) is 0 Å². The second kappa shape index (κ2) is 4.39. The van der Waals surface area contributed by atoms with E-state index in [2.05, 4.69) is 21.5 Å². The van der Waals surface area contributed by atoms with Gasteiger partial charge >= 0.3 is 0 Å². The smallest absolute Gasteiger partial charge is 0.243 e. The van der Waals surface area contributed by atoms with Crippen LogP contribution in [0.2, 0.25) is 0 Å². The van der Waals surface area contributed by atoms with Crippen LogP contribution < -0.4 is 4.72 Å². The van der Waals surface area contributed by atoms with E-state index in [9.17, 15) is 8.42 Å². The molecule has 0 amide bonds. The zero-order valence-electron chi connectivity index (χ0n) is 7.95. The molecule has 1 aromatic heterocycles. The molecule has 6 heteroatoms. The van der Waals surface area contributed by atoms with E-state index < -0.39 is 10.0 Å². The lowest BCUT2D eigenvalue weighted by Gasteiger charge is -2.03. The van der Waals surface area contributed by atoms with Gasteiger partial charge < -0.3 is 0 Å². The summed E-state index contributed by atoms with van der Waals surface area (Å²) < 4.78 is 25.6. The normalized spacial score (nSPS) is 11.5. The second-order valence-electron chi connectivity index (χ2n) is 2.83. The van der Waals surface area contributed by atoms with Crippen LogP contribution in [0.15, 0.2) is 23.7 Å². The minimum absolute atomic E-state index is 0.196. The molecule has 0 aliphatic rings. The average molecular weight is 215 g/mol. The summed E-state index contributed by atoms with van der Waals surface area (Å²) in [5.74, 6) is 0. The molecule has 0 aliphatic carbocycles. The minimum Gasteiger partial charge on any atom is -0.281 e. The molecule has 0 unspecified atom stereocenters. The maximum atomic E-state index is 11.6. The molecule has 2 N–H and O–H groups in total. The van der Waals surface area contributed by atoms with Crippen molar-refractivity contribution in [2.75, 3.05) is 6.54 Å². The van der Waals surface area contributed by atoms with E-state index in [0.29, 0.717) is 18.7 Å². The van der Waals surface area contributed by atoms with Gasteiger partial charge in [0, 0.05) is 6.54 Å². The van der Waals surface area contributed by atoms with Crippen LogP contribution in [0.4, 0.5) is 0 Å². The topological polar surface area (TPSA) is 74.8 Å². The molecule has 0 aliphatic heterocycles. The number of rotatable bonds is 5. The van der Waals surface area contributed by atoms with Gasteiger partial charge in [-0.3, -0.25) is 5.10 Å². The van der Waals surface area contributed by atoms with Crippen molar-refractivity contribution in [2.24, 2.45) is 0 Å². The van der Waals surface area contributed by atoms with Gasteiger partial charge in [-0.1, -0.05) is 6.08 Å². The van der Waals surface area contributed by atoms with E-state index in [1.165, 1.54) is 6.20 Å². The van der Waals surface area contributed by atoms with E-state index >= 15 is 0 Å². The molecule has 0 saturated heterocycles. The summed E-state index contributed by atoms with van der Waals surface area (Å²) >= 11 is 0. The predicted octanol–water partition coefficient (Wildman–Crippen LogP) is 0.573. The molecular weight excluding hydrogens is 202 g/mol. The minimum atomic E-state index is -3.41. The summed E-state index contributed by atoms with van der Waals surface area (Å²) in [6, 6.07) is 0. The molecule has 0 fully saturated rings. The Balaban J connectivity index is 2.76. The Kier molecular flexibility index (Phi) is 3.43. The van der Waals surface area contributed by atoms with Gasteiger partial charge in [0.05, 0.1) is 11.9 Å². The first-order valence-electron chi connectivity index (χ1n) is 4.18. The number of nitrogens with zero attached hydrogens (tertiary/aromatic N) is 1. The van der Waals surface area contributed by atoms with Crippen molar-refractivity contribution in [1.29, 1.82) is 0 Å². The van der Waals surface area contributed by atoms with Gasteiger partial charge in [0.25, 0.3) is 0 Å². The number of hydrogen-bond acceptors (Lipinski definition) is 3. The fourth-order valence-electron chi connectivity index (χ4n) is 0.984. The highest BCUT2D eigenvalue weighted by Gasteiger charge is 2.17. The zero-order valence-corrected chi connectivity index (χ0v) is 8.76. The molecule has 0 bridgehead atoms. The Morgan fingerprint density at radius 3 is 2.93 bits per heavy atom. The number of hydrogen-bond donors (Lipinski definition) is 2. The SMILES string of the molecule is C=CCCNS(=O)(=O)c1cn[nH]c1C. The Hall–Kier alpha value is -1.14. The Labute approximate surface area is 83.3 Å².